The van der Waals surface area contributed by atoms with Crippen LogP contribution in [0.25, 0.3) is 17.0 Å². The average molecular weight is 426 g/mol. The van der Waals surface area contributed by atoms with Crippen molar-refractivity contribution in [2.24, 2.45) is 0 Å². The Balaban J connectivity index is 1.37. The minimum absolute atomic E-state index is 0.106. The molecule has 29 heavy (non-hydrogen) atoms. The van der Waals surface area contributed by atoms with Gasteiger partial charge in [-0.1, -0.05) is 41.9 Å². The molecule has 0 bridgehead atoms. The first-order valence-corrected chi connectivity index (χ1v) is 10.1. The number of hydrogen-bond donors (Lipinski definition) is 2. The highest BCUT2D eigenvalue weighted by Gasteiger charge is 2.34. The highest BCUT2D eigenvalue weighted by molar-refractivity contribution is 8.18. The molecule has 1 fully saturated rings. The second-order valence-electron chi connectivity index (χ2n) is 6.41. The van der Waals surface area contributed by atoms with Crippen molar-refractivity contribution in [3.05, 3.63) is 75.8 Å². The topological polar surface area (TPSA) is 82.3 Å². The van der Waals surface area contributed by atoms with Crippen LogP contribution in [0.4, 0.5) is 4.79 Å². The van der Waals surface area contributed by atoms with Gasteiger partial charge in [-0.25, -0.2) is 0 Å². The summed E-state index contributed by atoms with van der Waals surface area (Å²) in [6, 6.07) is 16.4. The summed E-state index contributed by atoms with van der Waals surface area (Å²) in [5.41, 5.74) is 2.04. The van der Waals surface area contributed by atoms with Crippen LogP contribution in [0.15, 0.2) is 59.5 Å². The van der Waals surface area contributed by atoms with E-state index in [1.807, 2.05) is 30.3 Å². The summed E-state index contributed by atoms with van der Waals surface area (Å²) < 4.78 is 0. The van der Waals surface area contributed by atoms with E-state index in [4.69, 9.17) is 11.6 Å². The van der Waals surface area contributed by atoms with Gasteiger partial charge in [0.05, 0.1) is 4.91 Å². The third-order valence-corrected chi connectivity index (χ3v) is 5.56. The van der Waals surface area contributed by atoms with Gasteiger partial charge in [0.2, 0.25) is 0 Å². The molecule has 0 radical (unpaired) electrons. The lowest BCUT2D eigenvalue weighted by Crippen LogP contribution is -2.37. The van der Waals surface area contributed by atoms with E-state index < -0.39 is 0 Å². The van der Waals surface area contributed by atoms with Crippen molar-refractivity contribution < 1.29 is 14.4 Å². The molecule has 0 unspecified atom stereocenters. The zero-order valence-corrected chi connectivity index (χ0v) is 16.7. The highest BCUT2D eigenvalue weighted by atomic mass is 35.5. The molecule has 0 spiro atoms. The Kier molecular flexibility index (Phi) is 5.42. The van der Waals surface area contributed by atoms with Crippen LogP contribution in [0.5, 0.6) is 0 Å². The number of hydrogen-bond acceptors (Lipinski definition) is 4. The number of benzene rings is 2. The number of amides is 3. The van der Waals surface area contributed by atoms with Crippen molar-refractivity contribution >= 4 is 57.4 Å². The predicted octanol–water partition coefficient (Wildman–Crippen LogP) is 4.29. The zero-order chi connectivity index (χ0) is 20.4. The highest BCUT2D eigenvalue weighted by Crippen LogP contribution is 2.31. The van der Waals surface area contributed by atoms with E-state index in [9.17, 15) is 14.4 Å². The fourth-order valence-corrected chi connectivity index (χ4v) is 4.04. The van der Waals surface area contributed by atoms with E-state index in [0.29, 0.717) is 15.6 Å². The molecule has 1 saturated heterocycles. The van der Waals surface area contributed by atoms with Crippen LogP contribution in [0.1, 0.15) is 16.1 Å². The van der Waals surface area contributed by atoms with Gasteiger partial charge in [0.1, 0.15) is 5.69 Å². The monoisotopic (exact) mass is 425 g/mol. The number of aromatic nitrogens is 1. The van der Waals surface area contributed by atoms with E-state index in [1.165, 1.54) is 0 Å². The maximum atomic E-state index is 12.5. The molecule has 0 atom stereocenters. The van der Waals surface area contributed by atoms with Crippen molar-refractivity contribution in [1.82, 2.24) is 15.2 Å². The zero-order valence-electron chi connectivity index (χ0n) is 15.1. The number of nitrogens with one attached hydrogen (secondary N) is 2. The molecule has 4 rings (SSSR count). The van der Waals surface area contributed by atoms with Gasteiger partial charge < -0.3 is 10.3 Å². The number of carbonyl (C=O) groups is 3. The number of rotatable bonds is 5. The molecule has 146 valence electrons. The number of H-pyrrole nitrogens is 1. The molecule has 0 aliphatic carbocycles. The van der Waals surface area contributed by atoms with Gasteiger partial charge in [-0.2, -0.15) is 0 Å². The lowest BCUT2D eigenvalue weighted by atomic mass is 10.2. The summed E-state index contributed by atoms with van der Waals surface area (Å²) in [6.45, 7) is 0.264. The van der Waals surface area contributed by atoms with Crippen LogP contribution in [0.2, 0.25) is 5.02 Å². The maximum Gasteiger partial charge on any atom is 0.293 e. The maximum absolute atomic E-state index is 12.5. The number of aromatic amines is 1. The minimum atomic E-state index is -0.349. The number of carbonyl (C=O) groups excluding carboxylic acids is 3. The Morgan fingerprint density at radius 2 is 1.93 bits per heavy atom. The van der Waals surface area contributed by atoms with E-state index in [1.54, 1.807) is 30.3 Å². The summed E-state index contributed by atoms with van der Waals surface area (Å²) >= 11 is 6.87. The normalized spacial score (nSPS) is 15.5. The lowest BCUT2D eigenvalue weighted by Gasteiger charge is -2.12. The number of nitrogens with zero attached hydrogens (tertiary/aromatic N) is 1. The molecule has 8 heteroatoms. The third-order valence-electron chi connectivity index (χ3n) is 4.42. The van der Waals surface area contributed by atoms with Gasteiger partial charge in [0.25, 0.3) is 17.1 Å². The quantitative estimate of drug-likeness (QED) is 0.597. The third kappa shape index (κ3) is 4.21. The predicted molar refractivity (Wildman–Crippen MR) is 115 cm³/mol. The molecule has 6 nitrogen and oxygen atoms in total. The SMILES string of the molecule is O=C(NCCN1C(=O)S/C(=C\c2ccccc2)C1=O)c1cc2cc(Cl)ccc2[nH]1. The molecule has 1 aliphatic heterocycles. The summed E-state index contributed by atoms with van der Waals surface area (Å²) in [5.74, 6) is -0.664. The van der Waals surface area contributed by atoms with Crippen LogP contribution in [0.3, 0.4) is 0 Å². The van der Waals surface area contributed by atoms with Gasteiger partial charge >= 0.3 is 0 Å². The van der Waals surface area contributed by atoms with E-state index in [0.717, 1.165) is 33.1 Å². The second-order valence-corrected chi connectivity index (χ2v) is 7.84. The molecule has 1 aliphatic rings. The average Bonchev–Trinajstić information content (AvgIpc) is 3.24. The largest absolute Gasteiger partial charge is 0.351 e. The lowest BCUT2D eigenvalue weighted by molar-refractivity contribution is -0.122. The molecule has 2 heterocycles. The van der Waals surface area contributed by atoms with Gasteiger partial charge in [0, 0.05) is 29.0 Å². The first kappa shape index (κ1) is 19.3. The molecule has 3 aromatic rings. The first-order valence-electron chi connectivity index (χ1n) is 8.88. The second kappa shape index (κ2) is 8.14. The van der Waals surface area contributed by atoms with Gasteiger partial charge in [0.15, 0.2) is 0 Å². The molecule has 1 aromatic heterocycles. The summed E-state index contributed by atoms with van der Waals surface area (Å²) in [5, 5.41) is 3.81. The molecular formula is C21H16ClN3O3S. The van der Waals surface area contributed by atoms with E-state index in [-0.39, 0.29) is 30.1 Å². The number of thioether (sulfide) groups is 1. The molecule has 3 amide bonds. The Labute approximate surface area is 175 Å². The van der Waals surface area contributed by atoms with Gasteiger partial charge in [-0.3, -0.25) is 19.3 Å². The van der Waals surface area contributed by atoms with Crippen molar-refractivity contribution in [1.29, 1.82) is 0 Å². The van der Waals surface area contributed by atoms with Gasteiger partial charge in [-0.05, 0) is 47.7 Å². The van der Waals surface area contributed by atoms with Crippen LogP contribution in [-0.4, -0.2) is 40.0 Å². The summed E-state index contributed by atoms with van der Waals surface area (Å²) in [6.07, 6.45) is 1.69. The molecule has 0 saturated carbocycles. The van der Waals surface area contributed by atoms with Crippen molar-refractivity contribution in [3.8, 4) is 0 Å². The Hall–Kier alpha value is -3.03. The fraction of sp³-hybridized carbons (Fsp3) is 0.0952. The van der Waals surface area contributed by atoms with Crippen molar-refractivity contribution in [3.63, 3.8) is 0 Å². The Bertz CT molecular complexity index is 1140. The molecule has 2 N–H and O–H groups in total. The number of halogens is 1. The van der Waals surface area contributed by atoms with Crippen LogP contribution >= 0.6 is 23.4 Å². The van der Waals surface area contributed by atoms with Crippen LogP contribution in [-0.2, 0) is 4.79 Å². The summed E-state index contributed by atoms with van der Waals surface area (Å²) in [7, 11) is 0. The van der Waals surface area contributed by atoms with Crippen LogP contribution in [0, 0.1) is 0 Å². The summed E-state index contributed by atoms with van der Waals surface area (Å²) in [4.78, 5) is 41.6. The smallest absolute Gasteiger partial charge is 0.293 e. The van der Waals surface area contributed by atoms with Crippen LogP contribution < -0.4 is 5.32 Å². The Morgan fingerprint density at radius 3 is 2.72 bits per heavy atom. The molecule has 2 aromatic carbocycles. The number of imide groups is 1. The van der Waals surface area contributed by atoms with E-state index >= 15 is 0 Å². The minimum Gasteiger partial charge on any atom is -0.351 e. The standard InChI is InChI=1S/C21H16ClN3O3S/c22-15-6-7-16-14(11-15)12-17(24-16)19(26)23-8-9-25-20(27)18(29-21(25)28)10-13-4-2-1-3-5-13/h1-7,10-12,24H,8-9H2,(H,23,26)/b18-10-. The van der Waals surface area contributed by atoms with Crippen molar-refractivity contribution in [2.75, 3.05) is 13.1 Å². The van der Waals surface area contributed by atoms with Gasteiger partial charge in [-0.15, -0.1) is 0 Å². The molecular weight excluding hydrogens is 410 g/mol. The number of fused-ring (bicyclic) bond motifs is 1. The van der Waals surface area contributed by atoms with Crippen molar-refractivity contribution in [2.45, 2.75) is 0 Å². The van der Waals surface area contributed by atoms with E-state index in [2.05, 4.69) is 10.3 Å². The first-order chi connectivity index (χ1) is 14.0. The fourth-order valence-electron chi connectivity index (χ4n) is 3.00. The Morgan fingerprint density at radius 1 is 1.14 bits per heavy atom.